The van der Waals surface area contributed by atoms with Gasteiger partial charge >= 0.3 is 0 Å². The fourth-order valence-corrected chi connectivity index (χ4v) is 4.36. The second-order valence-corrected chi connectivity index (χ2v) is 8.48. The number of hydrogen-bond donors (Lipinski definition) is 0. The number of pyridine rings is 1. The van der Waals surface area contributed by atoms with Gasteiger partial charge in [-0.1, -0.05) is 27.7 Å². The molecule has 4 rings (SSSR count). The van der Waals surface area contributed by atoms with Crippen molar-refractivity contribution in [3.8, 4) is 17.0 Å². The first-order valence-corrected chi connectivity index (χ1v) is 11.5. The minimum absolute atomic E-state index is 0.162. The summed E-state index contributed by atoms with van der Waals surface area (Å²) >= 11 is 0. The van der Waals surface area contributed by atoms with Gasteiger partial charge in [-0.05, 0) is 61.4 Å². The van der Waals surface area contributed by atoms with E-state index >= 15 is 0 Å². The predicted octanol–water partition coefficient (Wildman–Crippen LogP) is 5.80. The summed E-state index contributed by atoms with van der Waals surface area (Å²) in [4.78, 5) is 19.7. The largest absolute Gasteiger partial charge is 0.494 e. The van der Waals surface area contributed by atoms with Crippen LogP contribution in [0.2, 0.25) is 0 Å². The van der Waals surface area contributed by atoms with Crippen LogP contribution in [-0.4, -0.2) is 29.6 Å². The number of anilines is 1. The minimum Gasteiger partial charge on any atom is -0.494 e. The van der Waals surface area contributed by atoms with Crippen LogP contribution in [0.1, 0.15) is 47.0 Å². The molecule has 0 spiro atoms. The van der Waals surface area contributed by atoms with Crippen molar-refractivity contribution >= 4 is 11.3 Å². The normalized spacial score (nSPS) is 20.4. The van der Waals surface area contributed by atoms with Crippen LogP contribution in [0, 0.1) is 17.7 Å². The third kappa shape index (κ3) is 4.79. The van der Waals surface area contributed by atoms with Crippen LogP contribution in [0.15, 0.2) is 47.4 Å². The van der Waals surface area contributed by atoms with Gasteiger partial charge in [0.05, 0.1) is 18.5 Å². The third-order valence-corrected chi connectivity index (χ3v) is 6.62. The molecule has 1 aliphatic rings. The summed E-state index contributed by atoms with van der Waals surface area (Å²) in [5.41, 5.74) is 2.34. The molecule has 2 aromatic heterocycles. The molecule has 2 unspecified atom stereocenters. The topological polar surface area (TPSA) is 46.8 Å². The average molecular weight is 440 g/mol. The van der Waals surface area contributed by atoms with E-state index in [1.807, 2.05) is 32.2 Å². The van der Waals surface area contributed by atoms with Gasteiger partial charge in [0.25, 0.3) is 5.56 Å². The number of halogens is 1. The van der Waals surface area contributed by atoms with Crippen molar-refractivity contribution in [2.24, 2.45) is 11.8 Å². The van der Waals surface area contributed by atoms with E-state index in [9.17, 15) is 9.18 Å². The summed E-state index contributed by atoms with van der Waals surface area (Å²) in [7, 11) is 3.52. The maximum absolute atomic E-state index is 14.1. The summed E-state index contributed by atoms with van der Waals surface area (Å²) in [5.74, 6) is 1.14. The highest BCUT2D eigenvalue weighted by Gasteiger charge is 2.27. The lowest BCUT2D eigenvalue weighted by Crippen LogP contribution is -2.38. The van der Waals surface area contributed by atoms with E-state index in [-0.39, 0.29) is 11.3 Å². The maximum Gasteiger partial charge on any atom is 0.258 e. The van der Waals surface area contributed by atoms with Crippen molar-refractivity contribution in [2.75, 3.05) is 19.1 Å². The Balaban J connectivity index is 0.00000141. The molecule has 1 aromatic carbocycles. The fraction of sp³-hybridized carbons (Fsp3) is 0.462. The lowest BCUT2D eigenvalue weighted by molar-refractivity contribution is 0.247. The Morgan fingerprint density at radius 1 is 1.09 bits per heavy atom. The maximum atomic E-state index is 14.1. The Labute approximate surface area is 189 Å². The molecule has 1 aliphatic carbocycles. The third-order valence-electron chi connectivity index (χ3n) is 6.62. The smallest absolute Gasteiger partial charge is 0.258 e. The number of ether oxygens (including phenoxy) is 1. The second-order valence-electron chi connectivity index (χ2n) is 8.48. The number of nitrogens with zero attached hydrogens (tertiary/aromatic N) is 3. The second kappa shape index (κ2) is 10.2. The Hall–Kier alpha value is -2.89. The molecule has 3 aromatic rings. The van der Waals surface area contributed by atoms with Gasteiger partial charge in [-0.2, -0.15) is 0 Å². The zero-order chi connectivity index (χ0) is 23.4. The molecule has 2 heterocycles. The number of rotatable bonds is 4. The van der Waals surface area contributed by atoms with Crippen LogP contribution >= 0.6 is 0 Å². The van der Waals surface area contributed by atoms with E-state index < -0.39 is 5.82 Å². The lowest BCUT2D eigenvalue weighted by Gasteiger charge is -2.38. The fourth-order valence-electron chi connectivity index (χ4n) is 4.36. The van der Waals surface area contributed by atoms with Crippen LogP contribution in [0.5, 0.6) is 5.75 Å². The molecule has 0 aliphatic heterocycles. The first-order valence-electron chi connectivity index (χ1n) is 11.5. The molecule has 0 saturated heterocycles. The molecule has 0 amide bonds. The van der Waals surface area contributed by atoms with Crippen LogP contribution in [-0.2, 0) is 0 Å². The van der Waals surface area contributed by atoms with Gasteiger partial charge in [-0.25, -0.2) is 9.37 Å². The predicted molar refractivity (Wildman–Crippen MR) is 129 cm³/mol. The van der Waals surface area contributed by atoms with Gasteiger partial charge in [0.2, 0.25) is 0 Å². The van der Waals surface area contributed by atoms with Crippen LogP contribution < -0.4 is 15.2 Å². The van der Waals surface area contributed by atoms with Gasteiger partial charge in [0.1, 0.15) is 5.65 Å². The Morgan fingerprint density at radius 2 is 1.84 bits per heavy atom. The minimum atomic E-state index is -0.481. The lowest BCUT2D eigenvalue weighted by atomic mass is 9.78. The molecule has 0 bridgehead atoms. The van der Waals surface area contributed by atoms with Crippen LogP contribution in [0.25, 0.3) is 16.9 Å². The molecule has 172 valence electrons. The van der Waals surface area contributed by atoms with E-state index in [4.69, 9.17) is 4.74 Å². The Bertz CT molecular complexity index is 1130. The molecule has 3 atom stereocenters. The number of hydrogen-bond acceptors (Lipinski definition) is 4. The first-order chi connectivity index (χ1) is 15.4. The van der Waals surface area contributed by atoms with Crippen molar-refractivity contribution in [3.05, 3.63) is 58.8 Å². The number of fused-ring (bicyclic) bond motifs is 1. The van der Waals surface area contributed by atoms with E-state index in [1.165, 1.54) is 31.7 Å². The first kappa shape index (κ1) is 23.8. The summed E-state index contributed by atoms with van der Waals surface area (Å²) in [5, 5.41) is 0. The van der Waals surface area contributed by atoms with Crippen LogP contribution in [0.3, 0.4) is 0 Å². The zero-order valence-corrected chi connectivity index (χ0v) is 19.9. The summed E-state index contributed by atoms with van der Waals surface area (Å²) in [6, 6.07) is 10.4. The van der Waals surface area contributed by atoms with E-state index in [0.717, 1.165) is 24.4 Å². The highest BCUT2D eigenvalue weighted by molar-refractivity contribution is 5.63. The monoisotopic (exact) mass is 439 g/mol. The van der Waals surface area contributed by atoms with Gasteiger partial charge in [-0.15, -0.1) is 0 Å². The highest BCUT2D eigenvalue weighted by Crippen LogP contribution is 2.33. The molecule has 32 heavy (non-hydrogen) atoms. The Kier molecular flexibility index (Phi) is 7.54. The molecule has 0 radical (unpaired) electrons. The van der Waals surface area contributed by atoms with Crippen molar-refractivity contribution < 1.29 is 9.13 Å². The average Bonchev–Trinajstić information content (AvgIpc) is 2.81. The Morgan fingerprint density at radius 3 is 2.50 bits per heavy atom. The summed E-state index contributed by atoms with van der Waals surface area (Å²) < 4.78 is 20.6. The molecular formula is C26H34FN3O2. The van der Waals surface area contributed by atoms with Gasteiger partial charge in [0.15, 0.2) is 11.6 Å². The molecule has 0 N–H and O–H groups in total. The number of benzene rings is 1. The van der Waals surface area contributed by atoms with Gasteiger partial charge in [-0.3, -0.25) is 9.20 Å². The summed E-state index contributed by atoms with van der Waals surface area (Å²) in [6.45, 7) is 8.65. The van der Waals surface area contributed by atoms with Crippen LogP contribution in [0.4, 0.5) is 10.1 Å². The number of methoxy groups -OCH3 is 1. The number of aromatic nitrogens is 2. The quantitative estimate of drug-likeness (QED) is 0.516. The van der Waals surface area contributed by atoms with Gasteiger partial charge < -0.3 is 9.64 Å². The van der Waals surface area contributed by atoms with Crippen molar-refractivity contribution in [3.63, 3.8) is 0 Å². The standard InChI is InChI=1S/C24H28FN3O2.C2H6/c1-15-5-7-18(11-16(15)2)27(3)19-8-10-23-26-21(13-24(29)28(23)14-19)17-6-9-22(30-4)20(25)12-17;1-2/h6,8-10,12-16,18H,5,7,11H2,1-4H3;1-2H3/t15?,16?,18-;/m1./s1. The SMILES string of the molecule is CC.COc1ccc(-c2cc(=O)n3cc(N(C)[C@@H]4CCC(C)C(C)C4)ccc3n2)cc1F. The van der Waals surface area contributed by atoms with Crippen molar-refractivity contribution in [1.29, 1.82) is 0 Å². The van der Waals surface area contributed by atoms with Gasteiger partial charge in [0, 0.05) is 30.9 Å². The molecular weight excluding hydrogens is 405 g/mol. The van der Waals surface area contributed by atoms with Crippen molar-refractivity contribution in [2.45, 2.75) is 53.0 Å². The van der Waals surface area contributed by atoms with E-state index in [1.54, 1.807) is 10.5 Å². The van der Waals surface area contributed by atoms with E-state index in [2.05, 4.69) is 30.8 Å². The molecule has 1 fully saturated rings. The molecule has 6 heteroatoms. The zero-order valence-electron chi connectivity index (χ0n) is 19.9. The molecule has 1 saturated carbocycles. The van der Waals surface area contributed by atoms with Crippen molar-refractivity contribution in [1.82, 2.24) is 9.38 Å². The highest BCUT2D eigenvalue weighted by atomic mass is 19.1. The van der Waals surface area contributed by atoms with E-state index in [0.29, 0.717) is 28.9 Å². The summed E-state index contributed by atoms with van der Waals surface area (Å²) in [6.07, 6.45) is 5.40. The molecule has 5 nitrogen and oxygen atoms in total.